The minimum atomic E-state index is -5.19. The second kappa shape index (κ2) is 18.5. The van der Waals surface area contributed by atoms with Crippen LogP contribution in [0.4, 0.5) is 30.2 Å². The summed E-state index contributed by atoms with van der Waals surface area (Å²) in [6.45, 7) is 9.67. The van der Waals surface area contributed by atoms with Crippen LogP contribution in [0.3, 0.4) is 0 Å². The first-order chi connectivity index (χ1) is 27.0. The second-order valence-electron chi connectivity index (χ2n) is 16.6. The van der Waals surface area contributed by atoms with Crippen molar-refractivity contribution in [2.75, 3.05) is 71.1 Å². The molecule has 4 aromatic carbocycles. The van der Waals surface area contributed by atoms with Crippen molar-refractivity contribution in [3.8, 4) is 0 Å². The smallest absolute Gasteiger partial charge is 0.430 e. The third-order valence-electron chi connectivity index (χ3n) is 11.1. The molecule has 60 heavy (non-hydrogen) atoms. The van der Waals surface area contributed by atoms with Gasteiger partial charge in [0, 0.05) is 91.0 Å². The van der Waals surface area contributed by atoms with Gasteiger partial charge in [0.1, 0.15) is 36.2 Å². The fourth-order valence-electron chi connectivity index (χ4n) is 7.64. The molecule has 0 aromatic heterocycles. The number of halogens is 3. The van der Waals surface area contributed by atoms with Crippen LogP contribution in [0.1, 0.15) is 34.5 Å². The van der Waals surface area contributed by atoms with Crippen LogP contribution in [0.15, 0.2) is 114 Å². The predicted octanol–water partition coefficient (Wildman–Crippen LogP) is 5.97. The van der Waals surface area contributed by atoms with E-state index in [0.717, 1.165) is 22.5 Å². The summed E-state index contributed by atoms with van der Waals surface area (Å²) in [5.74, 6) is -2.84. The zero-order chi connectivity index (χ0) is 43.1. The molecule has 3 aliphatic rings. The summed E-state index contributed by atoms with van der Waals surface area (Å²) in [6.07, 6.45) is 1.83. The molecule has 7 nitrogen and oxygen atoms in total. The number of aliphatic carboxylic acids is 1. The minimum Gasteiger partial charge on any atom is -0.542 e. The maximum Gasteiger partial charge on any atom is 0.430 e. The molecule has 7 rings (SSSR count). The minimum absolute atomic E-state index is 0. The fraction of sp³-hybridized carbons (Fsp3) is 0.298. The van der Waals surface area contributed by atoms with Crippen LogP contribution in [0.2, 0.25) is 26.2 Å². The van der Waals surface area contributed by atoms with E-state index in [0.29, 0.717) is 0 Å². The van der Waals surface area contributed by atoms with Gasteiger partial charge in [0.05, 0.1) is 0 Å². The Morgan fingerprint density at radius 1 is 0.650 bits per heavy atom. The van der Waals surface area contributed by atoms with Gasteiger partial charge in [-0.2, -0.15) is 13.2 Å². The summed E-state index contributed by atoms with van der Waals surface area (Å²) < 4.78 is 33.8. The molecule has 0 N–H and O–H groups in total. The van der Waals surface area contributed by atoms with Gasteiger partial charge in [-0.05, 0) is 97.6 Å². The molecule has 3 radical (unpaired) electrons. The highest BCUT2D eigenvalue weighted by Crippen LogP contribution is 2.41. The molecule has 0 saturated carbocycles. The van der Waals surface area contributed by atoms with Gasteiger partial charge >= 0.3 is 6.18 Å². The van der Waals surface area contributed by atoms with Gasteiger partial charge in [-0.15, -0.1) is 0 Å². The largest absolute Gasteiger partial charge is 0.542 e. The Balaban J connectivity index is 0.000000272. The lowest BCUT2D eigenvalue weighted by Gasteiger charge is -2.38. The molecule has 0 spiro atoms. The Morgan fingerprint density at radius 3 is 1.43 bits per heavy atom. The predicted molar refractivity (Wildman–Crippen MR) is 250 cm³/mol. The highest BCUT2D eigenvalue weighted by molar-refractivity contribution is 7.02. The first-order valence-electron chi connectivity index (χ1n) is 19.0. The van der Waals surface area contributed by atoms with E-state index in [-0.39, 0.29) is 21.6 Å². The van der Waals surface area contributed by atoms with Crippen molar-refractivity contribution >= 4 is 80.2 Å². The van der Waals surface area contributed by atoms with Gasteiger partial charge in [0.15, 0.2) is 11.5 Å². The molecule has 2 heterocycles. The van der Waals surface area contributed by atoms with E-state index in [4.69, 9.17) is 9.90 Å². The molecule has 2 aliphatic heterocycles. The summed E-state index contributed by atoms with van der Waals surface area (Å²) in [6, 6.07) is 30.4. The normalized spacial score (nSPS) is 15.0. The number of allylic oxidation sites excluding steroid dienone is 5. The third-order valence-corrected chi connectivity index (χ3v) is 18.1. The van der Waals surface area contributed by atoms with Gasteiger partial charge < -0.3 is 24.6 Å². The van der Waals surface area contributed by atoms with Gasteiger partial charge in [-0.3, -0.25) is 4.79 Å². The lowest BCUT2D eigenvalue weighted by Crippen LogP contribution is -2.60. The fourth-order valence-corrected chi connectivity index (χ4v) is 13.8. The van der Waals surface area contributed by atoms with Crippen molar-refractivity contribution in [2.24, 2.45) is 0 Å². The lowest BCUT2D eigenvalue weighted by atomic mass is 9.89. The highest BCUT2D eigenvalue weighted by atomic mass is 28.3. The van der Waals surface area contributed by atoms with Crippen molar-refractivity contribution in [1.82, 2.24) is 0 Å². The number of carboxylic acids is 1. The number of carbonyl (C=O) groups excluding carboxylic acids is 2. The maximum absolute atomic E-state index is 13.0. The molecule has 1 aliphatic carbocycles. The molecular weight excluding hydrogens is 793 g/mol. The van der Waals surface area contributed by atoms with E-state index in [9.17, 15) is 18.0 Å². The van der Waals surface area contributed by atoms with Crippen molar-refractivity contribution in [2.45, 2.75) is 39.8 Å². The van der Waals surface area contributed by atoms with Crippen LogP contribution < -0.4 is 35.4 Å². The topological polar surface area (TPSA) is 69.9 Å². The number of nitrogens with zero attached hydrogens (tertiary/aromatic N) is 4. The van der Waals surface area contributed by atoms with E-state index in [1.54, 1.807) is 0 Å². The Kier molecular flexibility index (Phi) is 15.1. The zero-order valence-electron chi connectivity index (χ0n) is 36.0. The van der Waals surface area contributed by atoms with Crippen molar-refractivity contribution in [3.63, 3.8) is 0 Å². The molecular formula is C47H57BF3N4O3Si2. The number of fused-ring (bicyclic) bond motifs is 4. The monoisotopic (exact) mass is 849 g/mol. The quantitative estimate of drug-likeness (QED) is 0.187. The number of rotatable bonds is 4. The van der Waals surface area contributed by atoms with Crippen LogP contribution in [0, 0.1) is 0 Å². The zero-order valence-corrected chi connectivity index (χ0v) is 38.0. The van der Waals surface area contributed by atoms with Gasteiger partial charge in [-0.1, -0.05) is 70.0 Å². The third kappa shape index (κ3) is 9.63. The summed E-state index contributed by atoms with van der Waals surface area (Å²) in [4.78, 5) is 28.1. The summed E-state index contributed by atoms with van der Waals surface area (Å²) >= 11 is 0. The number of hydrogen-bond acceptors (Lipinski definition) is 6. The van der Waals surface area contributed by atoms with Crippen LogP contribution in [-0.4, -0.2) is 109 Å². The van der Waals surface area contributed by atoms with Crippen molar-refractivity contribution in [1.29, 1.82) is 0 Å². The van der Waals surface area contributed by atoms with Gasteiger partial charge in [0.25, 0.3) is 0 Å². The summed E-state index contributed by atoms with van der Waals surface area (Å²) in [5, 5.41) is 14.3. The number of alkyl halides is 3. The average molecular weight is 850 g/mol. The highest BCUT2D eigenvalue weighted by Gasteiger charge is 2.41. The van der Waals surface area contributed by atoms with Gasteiger partial charge in [0.2, 0.25) is 0 Å². The van der Waals surface area contributed by atoms with E-state index < -0.39 is 28.3 Å². The lowest BCUT2D eigenvalue weighted by molar-refractivity contribution is -0.462. The molecule has 0 bridgehead atoms. The van der Waals surface area contributed by atoms with Crippen molar-refractivity contribution in [3.05, 3.63) is 136 Å². The molecule has 4 aromatic rings. The maximum atomic E-state index is 13.0. The average Bonchev–Trinajstić information content (AvgIpc) is 3.17. The molecule has 0 amide bonds. The Hall–Kier alpha value is -5.40. The molecule has 0 saturated heterocycles. The standard InChI is InChI=1S/C25H29N2Si.C19H24N2OSi.C2HF3O2.CH4.B/c1-26(2)19-12-14-21-23(16-19)28(5,6)24-17-20(27(3)4)13-15-22(24)25(21)18-10-8-7-9-11-18;1-20(2)13-7-9-15-17(11-13)23(5,6)18-12-14(21(3)4)8-10-16(18)19(15)22;3-2(4,5)1(6)7;;/h7-17H,1-6H3;7-12H,1-6H3;(H,6,7);1H4;/q+1;;;;/p-1. The molecule has 0 fully saturated rings. The summed E-state index contributed by atoms with van der Waals surface area (Å²) in [5.41, 5.74) is 12.1. The molecule has 0 atom stereocenters. The van der Waals surface area contributed by atoms with E-state index >= 15 is 0 Å². The number of carboxylic acid groups (broad SMARTS) is 1. The Labute approximate surface area is 358 Å². The SMILES string of the molecule is C.CN(C)c1ccc2c(c1)[Si](C)(C)C1=CC(=[N+](C)C)C=CC1=C2c1ccccc1.CN(C)c1ccc2c(c1)[Si](C)(C)c1cc(N(C)C)ccc1C2=O.O=C([O-])C(F)(F)F.[B]. The number of ketones is 1. The number of hydrogen-bond donors (Lipinski definition) is 0. The summed E-state index contributed by atoms with van der Waals surface area (Å²) in [7, 11) is 12.9. The number of anilines is 3. The van der Waals surface area contributed by atoms with E-state index in [1.165, 1.54) is 54.4 Å². The first-order valence-corrected chi connectivity index (χ1v) is 25.0. The van der Waals surface area contributed by atoms with Crippen LogP contribution in [0.5, 0.6) is 0 Å². The molecule has 0 unspecified atom stereocenters. The van der Waals surface area contributed by atoms with E-state index in [2.05, 4.69) is 153 Å². The Bertz CT molecular complexity index is 2330. The number of benzene rings is 4. The second-order valence-corrected chi connectivity index (χ2v) is 25.3. The Morgan fingerprint density at radius 2 is 1.05 bits per heavy atom. The molecule has 13 heteroatoms. The van der Waals surface area contributed by atoms with E-state index in [1.807, 2.05) is 52.5 Å². The number of carbonyl (C=O) groups is 2. The first kappa shape index (κ1) is 49.0. The molecule has 315 valence electrons. The van der Waals surface area contributed by atoms with Crippen molar-refractivity contribution < 1.29 is 32.4 Å². The van der Waals surface area contributed by atoms with Crippen LogP contribution in [0.25, 0.3) is 5.57 Å². The van der Waals surface area contributed by atoms with Crippen LogP contribution >= 0.6 is 0 Å². The van der Waals surface area contributed by atoms with Crippen LogP contribution in [-0.2, 0) is 4.79 Å². The van der Waals surface area contributed by atoms with Gasteiger partial charge in [-0.25, -0.2) is 4.58 Å².